The SMILES string of the molecule is NC(=O)c1ccn2ncnc2c1-c1ccc2c(c1)CNC2. The molecule has 1 aromatic carbocycles. The molecule has 0 fully saturated rings. The van der Waals surface area contributed by atoms with Crippen LogP contribution in [0.1, 0.15) is 21.5 Å². The number of primary amides is 1. The molecular formula is C15H13N5O. The molecule has 0 saturated carbocycles. The molecule has 4 rings (SSSR count). The van der Waals surface area contributed by atoms with Crippen LogP contribution >= 0.6 is 0 Å². The Hall–Kier alpha value is -2.73. The average molecular weight is 279 g/mol. The van der Waals surface area contributed by atoms with Crippen molar-refractivity contribution in [3.63, 3.8) is 0 Å². The second kappa shape index (κ2) is 4.39. The lowest BCUT2D eigenvalue weighted by molar-refractivity contribution is 0.100. The Kier molecular flexibility index (Phi) is 2.52. The highest BCUT2D eigenvalue weighted by Gasteiger charge is 2.18. The Morgan fingerprint density at radius 3 is 2.95 bits per heavy atom. The third-order valence-corrected chi connectivity index (χ3v) is 3.84. The zero-order valence-corrected chi connectivity index (χ0v) is 11.2. The zero-order chi connectivity index (χ0) is 14.4. The molecule has 2 aromatic heterocycles. The van der Waals surface area contributed by atoms with Crippen LogP contribution in [0.3, 0.4) is 0 Å². The number of carbonyl (C=O) groups excluding carboxylic acids is 1. The maximum absolute atomic E-state index is 11.7. The number of nitrogens with one attached hydrogen (secondary N) is 1. The van der Waals surface area contributed by atoms with Crippen LogP contribution in [-0.4, -0.2) is 20.5 Å². The van der Waals surface area contributed by atoms with E-state index < -0.39 is 5.91 Å². The fourth-order valence-corrected chi connectivity index (χ4v) is 2.83. The largest absolute Gasteiger partial charge is 0.366 e. The number of rotatable bonds is 2. The minimum atomic E-state index is -0.464. The van der Waals surface area contributed by atoms with E-state index in [2.05, 4.69) is 27.5 Å². The van der Waals surface area contributed by atoms with Gasteiger partial charge in [0.2, 0.25) is 5.91 Å². The summed E-state index contributed by atoms with van der Waals surface area (Å²) in [6, 6.07) is 7.86. The molecule has 0 saturated heterocycles. The molecule has 0 bridgehead atoms. The normalized spacial score (nSPS) is 13.5. The van der Waals surface area contributed by atoms with Crippen LogP contribution in [0.5, 0.6) is 0 Å². The first kappa shape index (κ1) is 12.0. The lowest BCUT2D eigenvalue weighted by atomic mass is 9.97. The fourth-order valence-electron chi connectivity index (χ4n) is 2.83. The van der Waals surface area contributed by atoms with Gasteiger partial charge in [0.25, 0.3) is 0 Å². The summed E-state index contributed by atoms with van der Waals surface area (Å²) in [6.07, 6.45) is 3.17. The van der Waals surface area contributed by atoms with Crippen LogP contribution < -0.4 is 11.1 Å². The molecular weight excluding hydrogens is 266 g/mol. The van der Waals surface area contributed by atoms with Gasteiger partial charge in [0, 0.05) is 24.8 Å². The van der Waals surface area contributed by atoms with E-state index in [0.29, 0.717) is 11.2 Å². The van der Waals surface area contributed by atoms with Gasteiger partial charge in [-0.2, -0.15) is 5.10 Å². The Labute approximate surface area is 120 Å². The van der Waals surface area contributed by atoms with E-state index in [4.69, 9.17) is 5.73 Å². The first-order valence-corrected chi connectivity index (χ1v) is 6.69. The molecule has 1 amide bonds. The van der Waals surface area contributed by atoms with Gasteiger partial charge in [0.05, 0.1) is 5.56 Å². The fraction of sp³-hybridized carbons (Fsp3) is 0.133. The van der Waals surface area contributed by atoms with Crippen molar-refractivity contribution in [2.24, 2.45) is 5.73 Å². The zero-order valence-electron chi connectivity index (χ0n) is 11.2. The van der Waals surface area contributed by atoms with Crippen LogP contribution in [0.25, 0.3) is 16.8 Å². The van der Waals surface area contributed by atoms with Gasteiger partial charge in [-0.3, -0.25) is 4.79 Å². The number of pyridine rings is 1. The molecule has 3 heterocycles. The van der Waals surface area contributed by atoms with Gasteiger partial charge in [0.1, 0.15) is 6.33 Å². The van der Waals surface area contributed by atoms with Gasteiger partial charge in [-0.05, 0) is 28.8 Å². The summed E-state index contributed by atoms with van der Waals surface area (Å²) in [4.78, 5) is 16.0. The number of nitrogens with zero attached hydrogens (tertiary/aromatic N) is 3. The number of amides is 1. The van der Waals surface area contributed by atoms with Crippen molar-refractivity contribution in [3.05, 3.63) is 53.5 Å². The first-order chi connectivity index (χ1) is 10.2. The van der Waals surface area contributed by atoms with Crippen molar-refractivity contribution in [1.29, 1.82) is 0 Å². The van der Waals surface area contributed by atoms with E-state index in [0.717, 1.165) is 24.2 Å². The van der Waals surface area contributed by atoms with Crippen molar-refractivity contribution >= 4 is 11.6 Å². The molecule has 1 aliphatic rings. The summed E-state index contributed by atoms with van der Waals surface area (Å²) in [7, 11) is 0. The predicted molar refractivity (Wildman–Crippen MR) is 77.5 cm³/mol. The van der Waals surface area contributed by atoms with Crippen molar-refractivity contribution in [2.75, 3.05) is 0 Å². The molecule has 104 valence electrons. The number of benzene rings is 1. The third-order valence-electron chi connectivity index (χ3n) is 3.84. The number of nitrogens with two attached hydrogens (primary N) is 1. The summed E-state index contributed by atoms with van der Waals surface area (Å²) >= 11 is 0. The average Bonchev–Trinajstić information content (AvgIpc) is 3.13. The summed E-state index contributed by atoms with van der Waals surface area (Å²) < 4.78 is 1.65. The number of aromatic nitrogens is 3. The van der Waals surface area contributed by atoms with E-state index in [1.165, 1.54) is 17.5 Å². The molecule has 6 heteroatoms. The molecule has 3 aromatic rings. The summed E-state index contributed by atoms with van der Waals surface area (Å²) in [5, 5.41) is 7.43. The molecule has 0 atom stereocenters. The van der Waals surface area contributed by atoms with Gasteiger partial charge in [0.15, 0.2) is 5.65 Å². The Balaban J connectivity index is 2.02. The quantitative estimate of drug-likeness (QED) is 0.735. The van der Waals surface area contributed by atoms with Crippen molar-refractivity contribution in [1.82, 2.24) is 19.9 Å². The molecule has 3 N–H and O–H groups in total. The highest BCUT2D eigenvalue weighted by molar-refractivity contribution is 6.03. The smallest absolute Gasteiger partial charge is 0.249 e. The molecule has 6 nitrogen and oxygen atoms in total. The number of carbonyl (C=O) groups is 1. The van der Waals surface area contributed by atoms with Crippen LogP contribution in [0.2, 0.25) is 0 Å². The monoisotopic (exact) mass is 279 g/mol. The van der Waals surface area contributed by atoms with Crippen LogP contribution in [0, 0.1) is 0 Å². The minimum Gasteiger partial charge on any atom is -0.366 e. The van der Waals surface area contributed by atoms with E-state index in [-0.39, 0.29) is 0 Å². The lowest BCUT2D eigenvalue weighted by Crippen LogP contribution is -2.13. The second-order valence-corrected chi connectivity index (χ2v) is 5.08. The highest BCUT2D eigenvalue weighted by Crippen LogP contribution is 2.30. The van der Waals surface area contributed by atoms with E-state index in [9.17, 15) is 4.79 Å². The molecule has 21 heavy (non-hydrogen) atoms. The maximum Gasteiger partial charge on any atom is 0.249 e. The van der Waals surface area contributed by atoms with Gasteiger partial charge in [-0.25, -0.2) is 9.50 Å². The summed E-state index contributed by atoms with van der Waals surface area (Å²) in [5.41, 5.74) is 10.8. The van der Waals surface area contributed by atoms with E-state index in [1.54, 1.807) is 16.8 Å². The number of hydrogen-bond acceptors (Lipinski definition) is 4. The summed E-state index contributed by atoms with van der Waals surface area (Å²) in [5.74, 6) is -0.464. The van der Waals surface area contributed by atoms with Crippen LogP contribution in [0.4, 0.5) is 0 Å². The molecule has 0 spiro atoms. The summed E-state index contributed by atoms with van der Waals surface area (Å²) in [6.45, 7) is 1.72. The first-order valence-electron chi connectivity index (χ1n) is 6.69. The number of fused-ring (bicyclic) bond motifs is 2. The van der Waals surface area contributed by atoms with Crippen molar-refractivity contribution in [2.45, 2.75) is 13.1 Å². The van der Waals surface area contributed by atoms with E-state index in [1.807, 2.05) is 6.07 Å². The predicted octanol–water partition coefficient (Wildman–Crippen LogP) is 1.10. The van der Waals surface area contributed by atoms with Gasteiger partial charge >= 0.3 is 0 Å². The Bertz CT molecular complexity index is 868. The topological polar surface area (TPSA) is 85.3 Å². The lowest BCUT2D eigenvalue weighted by Gasteiger charge is -2.10. The maximum atomic E-state index is 11.7. The molecule has 0 unspecified atom stereocenters. The van der Waals surface area contributed by atoms with Crippen molar-refractivity contribution in [3.8, 4) is 11.1 Å². The molecule has 0 radical (unpaired) electrons. The van der Waals surface area contributed by atoms with Crippen LogP contribution in [0.15, 0.2) is 36.8 Å². The van der Waals surface area contributed by atoms with E-state index >= 15 is 0 Å². The second-order valence-electron chi connectivity index (χ2n) is 5.08. The highest BCUT2D eigenvalue weighted by atomic mass is 16.1. The van der Waals surface area contributed by atoms with Gasteiger partial charge < -0.3 is 11.1 Å². The van der Waals surface area contributed by atoms with Crippen molar-refractivity contribution < 1.29 is 4.79 Å². The Morgan fingerprint density at radius 2 is 2.10 bits per heavy atom. The third kappa shape index (κ3) is 1.80. The minimum absolute atomic E-state index is 0.460. The number of hydrogen-bond donors (Lipinski definition) is 2. The molecule has 1 aliphatic heterocycles. The standard InChI is InChI=1S/C15H13N5O/c16-14(21)12-3-4-20-15(18-8-19-20)13(12)9-1-2-10-6-17-7-11(10)5-9/h1-5,8,17H,6-7H2,(H2,16,21). The van der Waals surface area contributed by atoms with Gasteiger partial charge in [-0.15, -0.1) is 0 Å². The molecule has 0 aliphatic carbocycles. The van der Waals surface area contributed by atoms with Crippen LogP contribution in [-0.2, 0) is 13.1 Å². The Morgan fingerprint density at radius 1 is 1.24 bits per heavy atom. The van der Waals surface area contributed by atoms with Gasteiger partial charge in [-0.1, -0.05) is 12.1 Å².